The van der Waals surface area contributed by atoms with Crippen LogP contribution in [0.2, 0.25) is 0 Å². The smallest absolute Gasteiger partial charge is 0.330 e. The molecule has 0 fully saturated rings. The molecule has 0 bridgehead atoms. The van der Waals surface area contributed by atoms with Gasteiger partial charge < -0.3 is 15.4 Å². The lowest BCUT2D eigenvalue weighted by atomic mass is 9.94. The molecule has 1 aliphatic rings. The third-order valence-corrected chi connectivity index (χ3v) is 4.32. The summed E-state index contributed by atoms with van der Waals surface area (Å²) >= 11 is 0. The number of amides is 1. The van der Waals surface area contributed by atoms with Crippen molar-refractivity contribution < 1.29 is 19.5 Å². The zero-order valence-corrected chi connectivity index (χ0v) is 13.3. The van der Waals surface area contributed by atoms with Gasteiger partial charge in [-0.05, 0) is 30.9 Å². The fraction of sp³-hybridized carbons (Fsp3) is 0.278. The van der Waals surface area contributed by atoms with Crippen LogP contribution in [0.4, 0.5) is 0 Å². The Morgan fingerprint density at radius 1 is 1.21 bits per heavy atom. The normalized spacial score (nSPS) is 14.8. The minimum absolute atomic E-state index is 0.0295. The van der Waals surface area contributed by atoms with Crippen molar-refractivity contribution >= 4 is 17.7 Å². The van der Waals surface area contributed by atoms with Crippen molar-refractivity contribution in [2.75, 3.05) is 0 Å². The number of aryl methyl sites for hydroxylation is 1. The number of Topliss-reactive ketones (excluding diaryl/α,β-unsaturated/α-hetero) is 1. The highest BCUT2D eigenvalue weighted by Crippen LogP contribution is 2.27. The second-order valence-electron chi connectivity index (χ2n) is 5.91. The first-order chi connectivity index (χ1) is 11.5. The molecule has 1 atom stereocenters. The molecule has 0 saturated carbocycles. The molecule has 0 aliphatic heterocycles. The molecule has 1 heterocycles. The van der Waals surface area contributed by atoms with E-state index >= 15 is 0 Å². The number of carboxylic acid groups (broad SMARTS) is 1. The number of carboxylic acids is 1. The summed E-state index contributed by atoms with van der Waals surface area (Å²) in [5.74, 6) is -1.63. The highest BCUT2D eigenvalue weighted by atomic mass is 16.4. The molecule has 1 aliphatic carbocycles. The largest absolute Gasteiger partial charge is 0.479 e. The van der Waals surface area contributed by atoms with Gasteiger partial charge in [-0.1, -0.05) is 30.3 Å². The fourth-order valence-electron chi connectivity index (χ4n) is 3.14. The number of aromatic nitrogens is 1. The standard InChI is InChI=1S/C18H18N2O4/c1-10-14-12(8-5-9-13(14)21)19-15(10)17(22)20-16(18(23)24)11-6-3-2-4-7-11/h2-4,6-7,16,19H,5,8-9H2,1H3,(H,20,22)(H,23,24). The van der Waals surface area contributed by atoms with Gasteiger partial charge in [-0.25, -0.2) is 4.79 Å². The summed E-state index contributed by atoms with van der Waals surface area (Å²) in [5, 5.41) is 11.9. The molecule has 0 spiro atoms. The Bertz CT molecular complexity index is 808. The maximum Gasteiger partial charge on any atom is 0.330 e. The molecule has 6 nitrogen and oxygen atoms in total. The molecule has 1 aromatic heterocycles. The first-order valence-corrected chi connectivity index (χ1v) is 7.82. The first kappa shape index (κ1) is 16.0. The van der Waals surface area contributed by atoms with Gasteiger partial charge in [0.2, 0.25) is 0 Å². The van der Waals surface area contributed by atoms with Crippen LogP contribution in [0, 0.1) is 6.92 Å². The molecular formula is C18H18N2O4. The molecule has 1 aromatic carbocycles. The van der Waals surface area contributed by atoms with Gasteiger partial charge in [0.25, 0.3) is 5.91 Å². The van der Waals surface area contributed by atoms with Gasteiger partial charge in [-0.2, -0.15) is 0 Å². The molecule has 1 unspecified atom stereocenters. The average molecular weight is 326 g/mol. The van der Waals surface area contributed by atoms with E-state index in [1.807, 2.05) is 0 Å². The number of benzene rings is 1. The molecular weight excluding hydrogens is 308 g/mol. The van der Waals surface area contributed by atoms with Crippen LogP contribution in [0.1, 0.15) is 56.6 Å². The molecule has 124 valence electrons. The number of aliphatic carboxylic acids is 1. The van der Waals surface area contributed by atoms with Crippen molar-refractivity contribution in [1.82, 2.24) is 10.3 Å². The van der Waals surface area contributed by atoms with Crippen molar-refractivity contribution in [2.24, 2.45) is 0 Å². The number of carbonyl (C=O) groups is 3. The third-order valence-electron chi connectivity index (χ3n) is 4.32. The SMILES string of the molecule is Cc1c(C(=O)NC(C(=O)O)c2ccccc2)[nH]c2c1C(=O)CCC2. The van der Waals surface area contributed by atoms with Gasteiger partial charge in [-0.3, -0.25) is 9.59 Å². The number of fused-ring (bicyclic) bond motifs is 1. The van der Waals surface area contributed by atoms with E-state index in [4.69, 9.17) is 0 Å². The van der Waals surface area contributed by atoms with Gasteiger partial charge in [0.1, 0.15) is 5.69 Å². The minimum Gasteiger partial charge on any atom is -0.479 e. The number of hydrogen-bond acceptors (Lipinski definition) is 3. The van der Waals surface area contributed by atoms with Crippen LogP contribution < -0.4 is 5.32 Å². The van der Waals surface area contributed by atoms with E-state index in [0.717, 1.165) is 18.5 Å². The van der Waals surface area contributed by atoms with Crippen molar-refractivity contribution in [3.63, 3.8) is 0 Å². The fourth-order valence-corrected chi connectivity index (χ4v) is 3.14. The lowest BCUT2D eigenvalue weighted by Gasteiger charge is -2.14. The summed E-state index contributed by atoms with van der Waals surface area (Å²) < 4.78 is 0. The van der Waals surface area contributed by atoms with Crippen LogP contribution in [-0.2, 0) is 11.2 Å². The van der Waals surface area contributed by atoms with E-state index in [-0.39, 0.29) is 11.5 Å². The van der Waals surface area contributed by atoms with Crippen LogP contribution in [0.15, 0.2) is 30.3 Å². The number of nitrogens with one attached hydrogen (secondary N) is 2. The maximum absolute atomic E-state index is 12.6. The Balaban J connectivity index is 1.89. The molecule has 3 rings (SSSR count). The van der Waals surface area contributed by atoms with Crippen molar-refractivity contribution in [2.45, 2.75) is 32.2 Å². The van der Waals surface area contributed by atoms with Gasteiger partial charge in [0.05, 0.1) is 0 Å². The topological polar surface area (TPSA) is 99.3 Å². The Morgan fingerprint density at radius 3 is 2.54 bits per heavy atom. The van der Waals surface area contributed by atoms with Crippen molar-refractivity contribution in [1.29, 1.82) is 0 Å². The highest BCUT2D eigenvalue weighted by molar-refractivity contribution is 6.04. The molecule has 24 heavy (non-hydrogen) atoms. The third kappa shape index (κ3) is 2.82. The molecule has 0 radical (unpaired) electrons. The van der Waals surface area contributed by atoms with E-state index in [1.54, 1.807) is 37.3 Å². The second-order valence-corrected chi connectivity index (χ2v) is 5.91. The summed E-state index contributed by atoms with van der Waals surface area (Å²) in [5.41, 5.74) is 2.68. The Hall–Kier alpha value is -2.89. The summed E-state index contributed by atoms with van der Waals surface area (Å²) in [7, 11) is 0. The average Bonchev–Trinajstić information content (AvgIpc) is 2.91. The number of H-pyrrole nitrogens is 1. The molecule has 2 aromatic rings. The first-order valence-electron chi connectivity index (χ1n) is 7.82. The number of carbonyl (C=O) groups excluding carboxylic acids is 2. The van der Waals surface area contributed by atoms with E-state index in [9.17, 15) is 19.5 Å². The Morgan fingerprint density at radius 2 is 1.92 bits per heavy atom. The van der Waals surface area contributed by atoms with E-state index < -0.39 is 17.9 Å². The van der Waals surface area contributed by atoms with Crippen LogP contribution in [0.3, 0.4) is 0 Å². The molecule has 3 N–H and O–H groups in total. The van der Waals surface area contributed by atoms with E-state index in [2.05, 4.69) is 10.3 Å². The zero-order valence-electron chi connectivity index (χ0n) is 13.3. The highest BCUT2D eigenvalue weighted by Gasteiger charge is 2.29. The summed E-state index contributed by atoms with van der Waals surface area (Å²) in [4.78, 5) is 39.1. The number of rotatable bonds is 4. The van der Waals surface area contributed by atoms with Crippen molar-refractivity contribution in [3.05, 3.63) is 58.4 Å². The summed E-state index contributed by atoms with van der Waals surface area (Å²) in [6.07, 6.45) is 1.96. The zero-order chi connectivity index (χ0) is 17.3. The van der Waals surface area contributed by atoms with Crippen molar-refractivity contribution in [3.8, 4) is 0 Å². The molecule has 6 heteroatoms. The Kier molecular flexibility index (Phi) is 4.20. The quantitative estimate of drug-likeness (QED) is 0.803. The number of ketones is 1. The van der Waals surface area contributed by atoms with Crippen LogP contribution in [0.5, 0.6) is 0 Å². The van der Waals surface area contributed by atoms with Gasteiger partial charge in [0, 0.05) is 17.7 Å². The van der Waals surface area contributed by atoms with Crippen LogP contribution in [-0.4, -0.2) is 27.8 Å². The summed E-state index contributed by atoms with van der Waals surface area (Å²) in [6, 6.07) is 7.36. The van der Waals surface area contributed by atoms with E-state index in [0.29, 0.717) is 23.1 Å². The Labute approximate surface area is 138 Å². The predicted octanol–water partition coefficient (Wildman–Crippen LogP) is 2.40. The lowest BCUT2D eigenvalue weighted by molar-refractivity contribution is -0.139. The monoisotopic (exact) mass is 326 g/mol. The summed E-state index contributed by atoms with van der Waals surface area (Å²) in [6.45, 7) is 1.71. The molecule has 1 amide bonds. The minimum atomic E-state index is -1.14. The second kappa shape index (κ2) is 6.31. The van der Waals surface area contributed by atoms with Crippen LogP contribution >= 0.6 is 0 Å². The number of aromatic amines is 1. The van der Waals surface area contributed by atoms with E-state index in [1.165, 1.54) is 0 Å². The van der Waals surface area contributed by atoms with Gasteiger partial charge in [0.15, 0.2) is 11.8 Å². The maximum atomic E-state index is 12.6. The predicted molar refractivity (Wildman–Crippen MR) is 87.1 cm³/mol. The molecule has 0 saturated heterocycles. The van der Waals surface area contributed by atoms with Gasteiger partial charge >= 0.3 is 5.97 Å². The van der Waals surface area contributed by atoms with Gasteiger partial charge in [-0.15, -0.1) is 0 Å². The van der Waals surface area contributed by atoms with Crippen LogP contribution in [0.25, 0.3) is 0 Å². The number of hydrogen-bond donors (Lipinski definition) is 3. The lowest BCUT2D eigenvalue weighted by Crippen LogP contribution is -2.34.